The summed E-state index contributed by atoms with van der Waals surface area (Å²) in [6.07, 6.45) is 0.687. The number of hydrogen-bond acceptors (Lipinski definition) is 3. The number of para-hydroxylation sites is 1. The lowest BCUT2D eigenvalue weighted by Crippen LogP contribution is -2.29. The molecule has 2 N–H and O–H groups in total. The van der Waals surface area contributed by atoms with Gasteiger partial charge in [0.05, 0.1) is 17.1 Å². The van der Waals surface area contributed by atoms with Crippen LogP contribution in [0.5, 0.6) is 0 Å². The molecular formula is C17H25N3O2. The number of hydrogen-bond donors (Lipinski definition) is 2. The van der Waals surface area contributed by atoms with Crippen molar-refractivity contribution in [2.45, 2.75) is 40.3 Å². The minimum absolute atomic E-state index is 0.348. The van der Waals surface area contributed by atoms with Gasteiger partial charge >= 0.3 is 5.97 Å². The monoisotopic (exact) mass is 303 g/mol. The molecule has 5 nitrogen and oxygen atoms in total. The molecule has 1 atom stereocenters. The van der Waals surface area contributed by atoms with Crippen molar-refractivity contribution in [2.75, 3.05) is 6.54 Å². The summed E-state index contributed by atoms with van der Waals surface area (Å²) in [5, 5.41) is 18.3. The number of aliphatic carboxylic acids is 1. The molecule has 0 spiro atoms. The van der Waals surface area contributed by atoms with Crippen LogP contribution in [0.25, 0.3) is 10.9 Å². The minimum Gasteiger partial charge on any atom is -0.481 e. The van der Waals surface area contributed by atoms with Crippen molar-refractivity contribution in [3.05, 3.63) is 30.0 Å². The summed E-state index contributed by atoms with van der Waals surface area (Å²) < 4.78 is 1.98. The molecule has 2 rings (SSSR count). The number of nitrogens with zero attached hydrogens (tertiary/aromatic N) is 2. The van der Waals surface area contributed by atoms with Crippen molar-refractivity contribution in [1.82, 2.24) is 15.1 Å². The van der Waals surface area contributed by atoms with Gasteiger partial charge in [0, 0.05) is 25.0 Å². The van der Waals surface area contributed by atoms with Crippen molar-refractivity contribution in [3.8, 4) is 0 Å². The van der Waals surface area contributed by atoms with Gasteiger partial charge in [-0.3, -0.25) is 9.48 Å². The van der Waals surface area contributed by atoms with Crippen LogP contribution in [-0.2, 0) is 17.9 Å². The maximum Gasteiger partial charge on any atom is 0.307 e. The zero-order chi connectivity index (χ0) is 16.1. The third kappa shape index (κ3) is 3.85. The van der Waals surface area contributed by atoms with E-state index in [2.05, 4.69) is 29.5 Å². The SMILES string of the molecule is CCn1nc(CNCC(CC(C)C)C(=O)O)c2ccccc21. The Labute approximate surface area is 131 Å². The lowest BCUT2D eigenvalue weighted by atomic mass is 9.97. The summed E-state index contributed by atoms with van der Waals surface area (Å²) in [4.78, 5) is 11.3. The Morgan fingerprint density at radius 1 is 1.36 bits per heavy atom. The Kier molecular flexibility index (Phi) is 5.55. The Morgan fingerprint density at radius 2 is 2.09 bits per heavy atom. The smallest absolute Gasteiger partial charge is 0.307 e. The highest BCUT2D eigenvalue weighted by molar-refractivity contribution is 5.81. The fourth-order valence-corrected chi connectivity index (χ4v) is 2.77. The second-order valence-electron chi connectivity index (χ2n) is 6.08. The topological polar surface area (TPSA) is 67.2 Å². The van der Waals surface area contributed by atoms with Crippen molar-refractivity contribution in [2.24, 2.45) is 11.8 Å². The zero-order valence-electron chi connectivity index (χ0n) is 13.5. The van der Waals surface area contributed by atoms with Crippen LogP contribution in [0.4, 0.5) is 0 Å². The van der Waals surface area contributed by atoms with Crippen LogP contribution in [0.2, 0.25) is 0 Å². The maximum absolute atomic E-state index is 11.3. The van der Waals surface area contributed by atoms with E-state index in [0.717, 1.165) is 23.1 Å². The van der Waals surface area contributed by atoms with E-state index in [1.54, 1.807) is 0 Å². The third-order valence-electron chi connectivity index (χ3n) is 3.82. The number of aryl methyl sites for hydroxylation is 1. The van der Waals surface area contributed by atoms with E-state index < -0.39 is 5.97 Å². The average Bonchev–Trinajstić information content (AvgIpc) is 2.84. The molecule has 22 heavy (non-hydrogen) atoms. The average molecular weight is 303 g/mol. The van der Waals surface area contributed by atoms with Crippen molar-refractivity contribution < 1.29 is 9.90 Å². The first kappa shape index (κ1) is 16.5. The highest BCUT2D eigenvalue weighted by Crippen LogP contribution is 2.18. The van der Waals surface area contributed by atoms with Crippen LogP contribution in [0, 0.1) is 11.8 Å². The molecule has 0 amide bonds. The standard InChI is InChI=1S/C17H25N3O2/c1-4-20-16-8-6-5-7-14(16)15(19-20)11-18-10-13(17(21)22)9-12(2)3/h5-8,12-13,18H,4,9-11H2,1-3H3,(H,21,22). The highest BCUT2D eigenvalue weighted by Gasteiger charge is 2.18. The summed E-state index contributed by atoms with van der Waals surface area (Å²) in [5.41, 5.74) is 2.10. The molecule has 0 aliphatic rings. The molecule has 1 aromatic heterocycles. The molecule has 0 aliphatic carbocycles. The van der Waals surface area contributed by atoms with Crippen LogP contribution in [-0.4, -0.2) is 27.4 Å². The van der Waals surface area contributed by atoms with Gasteiger partial charge < -0.3 is 10.4 Å². The number of carbonyl (C=O) groups is 1. The van der Waals surface area contributed by atoms with E-state index in [9.17, 15) is 9.90 Å². The molecule has 1 unspecified atom stereocenters. The number of carboxylic acid groups (broad SMARTS) is 1. The van der Waals surface area contributed by atoms with Gasteiger partial charge in [0.25, 0.3) is 0 Å². The summed E-state index contributed by atoms with van der Waals surface area (Å²) in [6, 6.07) is 8.14. The number of benzene rings is 1. The van der Waals surface area contributed by atoms with Gasteiger partial charge in [0.1, 0.15) is 0 Å². The first-order valence-electron chi connectivity index (χ1n) is 7.90. The summed E-state index contributed by atoms with van der Waals surface area (Å²) in [6.45, 7) is 8.06. The number of carboxylic acids is 1. The quantitative estimate of drug-likeness (QED) is 0.787. The van der Waals surface area contributed by atoms with Crippen LogP contribution in [0.15, 0.2) is 24.3 Å². The molecule has 0 bridgehead atoms. The van der Waals surface area contributed by atoms with E-state index in [4.69, 9.17) is 0 Å². The lowest BCUT2D eigenvalue weighted by molar-refractivity contribution is -0.142. The van der Waals surface area contributed by atoms with Crippen LogP contribution < -0.4 is 5.32 Å². The second kappa shape index (κ2) is 7.40. The molecule has 0 radical (unpaired) electrons. The number of nitrogens with one attached hydrogen (secondary N) is 1. The molecule has 0 aliphatic heterocycles. The summed E-state index contributed by atoms with van der Waals surface area (Å²) in [7, 11) is 0. The van der Waals surface area contributed by atoms with Crippen molar-refractivity contribution in [1.29, 1.82) is 0 Å². The summed E-state index contributed by atoms with van der Waals surface area (Å²) in [5.74, 6) is -0.701. The van der Waals surface area contributed by atoms with Crippen molar-refractivity contribution >= 4 is 16.9 Å². The normalized spacial score (nSPS) is 12.9. The van der Waals surface area contributed by atoms with Crippen LogP contribution >= 0.6 is 0 Å². The third-order valence-corrected chi connectivity index (χ3v) is 3.82. The van der Waals surface area contributed by atoms with Crippen LogP contribution in [0.1, 0.15) is 32.9 Å². The number of aromatic nitrogens is 2. The van der Waals surface area contributed by atoms with Gasteiger partial charge in [-0.2, -0.15) is 5.10 Å². The van der Waals surface area contributed by atoms with Gasteiger partial charge in [0.2, 0.25) is 0 Å². The van der Waals surface area contributed by atoms with E-state index in [1.807, 2.05) is 30.7 Å². The van der Waals surface area contributed by atoms with E-state index >= 15 is 0 Å². The van der Waals surface area contributed by atoms with Gasteiger partial charge in [-0.25, -0.2) is 0 Å². The predicted molar refractivity (Wildman–Crippen MR) is 87.7 cm³/mol. The van der Waals surface area contributed by atoms with E-state index in [1.165, 1.54) is 0 Å². The molecule has 1 aromatic carbocycles. The van der Waals surface area contributed by atoms with E-state index in [-0.39, 0.29) is 5.92 Å². The van der Waals surface area contributed by atoms with Gasteiger partial charge in [-0.1, -0.05) is 32.0 Å². The Hall–Kier alpha value is -1.88. The predicted octanol–water partition coefficient (Wildman–Crippen LogP) is 2.89. The molecule has 1 heterocycles. The Morgan fingerprint density at radius 3 is 2.73 bits per heavy atom. The minimum atomic E-state index is -0.731. The Balaban J connectivity index is 2.04. The molecule has 0 saturated heterocycles. The summed E-state index contributed by atoms with van der Waals surface area (Å²) >= 11 is 0. The fraction of sp³-hybridized carbons (Fsp3) is 0.529. The van der Waals surface area contributed by atoms with Gasteiger partial charge in [-0.05, 0) is 25.3 Å². The first-order chi connectivity index (χ1) is 10.5. The molecule has 120 valence electrons. The number of rotatable bonds is 8. The molecule has 5 heteroatoms. The van der Waals surface area contributed by atoms with E-state index in [0.29, 0.717) is 25.4 Å². The molecule has 0 fully saturated rings. The fourth-order valence-electron chi connectivity index (χ4n) is 2.77. The van der Waals surface area contributed by atoms with Gasteiger partial charge in [0.15, 0.2) is 0 Å². The largest absolute Gasteiger partial charge is 0.481 e. The molecule has 0 saturated carbocycles. The Bertz CT molecular complexity index is 634. The molecular weight excluding hydrogens is 278 g/mol. The number of fused-ring (bicyclic) bond motifs is 1. The van der Waals surface area contributed by atoms with Gasteiger partial charge in [-0.15, -0.1) is 0 Å². The highest BCUT2D eigenvalue weighted by atomic mass is 16.4. The maximum atomic E-state index is 11.3. The molecule has 2 aromatic rings. The van der Waals surface area contributed by atoms with Crippen molar-refractivity contribution in [3.63, 3.8) is 0 Å². The lowest BCUT2D eigenvalue weighted by Gasteiger charge is -2.15. The zero-order valence-corrected chi connectivity index (χ0v) is 13.5. The second-order valence-corrected chi connectivity index (χ2v) is 6.08. The van der Waals surface area contributed by atoms with Crippen LogP contribution in [0.3, 0.4) is 0 Å². The first-order valence-corrected chi connectivity index (χ1v) is 7.90.